The fourth-order valence-electron chi connectivity index (χ4n) is 6.65. The van der Waals surface area contributed by atoms with Crippen molar-refractivity contribution < 1.29 is 4.42 Å². The number of furan rings is 1. The molecule has 0 saturated heterocycles. The molecule has 0 aliphatic carbocycles. The molecule has 0 radical (unpaired) electrons. The average Bonchev–Trinajstić information content (AvgIpc) is 3.55. The topological polar surface area (TPSA) is 18.1 Å². The van der Waals surface area contributed by atoms with Gasteiger partial charge < -0.3 is 8.98 Å². The molecule has 2 heterocycles. The SMILES string of the molecule is c1ccc(-n2c3c4ccccc4c4ccccc4c3c3c4c5ccccc5oc4c4ccccc4c32)cc1. The molecular weight excluding hydrogens is 462 g/mol. The minimum absolute atomic E-state index is 0.922. The smallest absolute Gasteiger partial charge is 0.144 e. The first-order valence-electron chi connectivity index (χ1n) is 13.0. The number of hydrogen-bond acceptors (Lipinski definition) is 1. The predicted molar refractivity (Wildman–Crippen MR) is 161 cm³/mol. The number of rotatable bonds is 1. The zero-order valence-electron chi connectivity index (χ0n) is 20.5. The van der Waals surface area contributed by atoms with Gasteiger partial charge in [-0.2, -0.15) is 0 Å². The van der Waals surface area contributed by atoms with Crippen LogP contribution in [0.25, 0.3) is 81.7 Å². The number of para-hydroxylation sites is 2. The van der Waals surface area contributed by atoms with Crippen LogP contribution in [-0.4, -0.2) is 4.57 Å². The summed E-state index contributed by atoms with van der Waals surface area (Å²) in [4.78, 5) is 0. The van der Waals surface area contributed by atoms with Gasteiger partial charge in [-0.1, -0.05) is 109 Å². The Kier molecular flexibility index (Phi) is 3.82. The molecule has 9 aromatic rings. The lowest BCUT2D eigenvalue weighted by Gasteiger charge is -2.12. The molecular formula is C36H21NO. The third kappa shape index (κ3) is 2.42. The normalized spacial score (nSPS) is 12.2. The third-order valence-corrected chi connectivity index (χ3v) is 8.13. The Morgan fingerprint density at radius 1 is 0.368 bits per heavy atom. The van der Waals surface area contributed by atoms with Gasteiger partial charge >= 0.3 is 0 Å². The van der Waals surface area contributed by atoms with Crippen molar-refractivity contribution in [1.82, 2.24) is 4.57 Å². The second-order valence-corrected chi connectivity index (χ2v) is 10.1. The molecule has 0 unspecified atom stereocenters. The first-order chi connectivity index (χ1) is 18.9. The van der Waals surface area contributed by atoms with Crippen LogP contribution in [0.5, 0.6) is 0 Å². The van der Waals surface area contributed by atoms with Crippen LogP contribution in [0, 0.1) is 0 Å². The zero-order chi connectivity index (χ0) is 24.8. The van der Waals surface area contributed by atoms with E-state index in [1.807, 2.05) is 0 Å². The van der Waals surface area contributed by atoms with E-state index in [4.69, 9.17) is 4.42 Å². The van der Waals surface area contributed by atoms with Crippen molar-refractivity contribution in [3.63, 3.8) is 0 Å². The first-order valence-corrected chi connectivity index (χ1v) is 13.0. The quantitative estimate of drug-likeness (QED) is 0.212. The molecule has 0 saturated carbocycles. The van der Waals surface area contributed by atoms with Crippen LogP contribution < -0.4 is 0 Å². The molecule has 2 nitrogen and oxygen atoms in total. The molecule has 7 aromatic carbocycles. The van der Waals surface area contributed by atoms with E-state index in [0.717, 1.165) is 27.6 Å². The summed E-state index contributed by atoms with van der Waals surface area (Å²) in [6.45, 7) is 0. The highest BCUT2D eigenvalue weighted by Crippen LogP contribution is 2.49. The zero-order valence-corrected chi connectivity index (χ0v) is 20.5. The molecule has 0 spiro atoms. The van der Waals surface area contributed by atoms with Crippen molar-refractivity contribution in [2.75, 3.05) is 0 Å². The van der Waals surface area contributed by atoms with Crippen LogP contribution in [0.15, 0.2) is 132 Å². The highest BCUT2D eigenvalue weighted by Gasteiger charge is 2.25. The summed E-state index contributed by atoms with van der Waals surface area (Å²) in [5, 5.41) is 12.3. The van der Waals surface area contributed by atoms with Gasteiger partial charge in [0.05, 0.1) is 11.0 Å². The summed E-state index contributed by atoms with van der Waals surface area (Å²) in [5.74, 6) is 0. The number of nitrogens with zero attached hydrogens (tertiary/aromatic N) is 1. The first kappa shape index (κ1) is 20.0. The van der Waals surface area contributed by atoms with E-state index in [1.165, 1.54) is 54.1 Å². The Morgan fingerprint density at radius 2 is 0.868 bits per heavy atom. The van der Waals surface area contributed by atoms with E-state index >= 15 is 0 Å². The summed E-state index contributed by atoms with van der Waals surface area (Å²) in [6.07, 6.45) is 0. The molecule has 38 heavy (non-hydrogen) atoms. The Bertz CT molecular complexity index is 2390. The monoisotopic (exact) mass is 483 g/mol. The van der Waals surface area contributed by atoms with Gasteiger partial charge in [-0.25, -0.2) is 0 Å². The summed E-state index contributed by atoms with van der Waals surface area (Å²) in [7, 11) is 0. The van der Waals surface area contributed by atoms with Gasteiger partial charge in [0.1, 0.15) is 11.2 Å². The minimum atomic E-state index is 0.922. The summed E-state index contributed by atoms with van der Waals surface area (Å²) >= 11 is 0. The van der Waals surface area contributed by atoms with Gasteiger partial charge in [0.15, 0.2) is 0 Å². The van der Waals surface area contributed by atoms with Gasteiger partial charge in [-0.15, -0.1) is 0 Å². The number of fused-ring (bicyclic) bond motifs is 15. The van der Waals surface area contributed by atoms with E-state index in [-0.39, 0.29) is 0 Å². The van der Waals surface area contributed by atoms with E-state index in [2.05, 4.69) is 132 Å². The highest BCUT2D eigenvalue weighted by molar-refractivity contribution is 6.42. The van der Waals surface area contributed by atoms with Crippen molar-refractivity contribution in [1.29, 1.82) is 0 Å². The lowest BCUT2D eigenvalue weighted by molar-refractivity contribution is 0.673. The molecule has 176 valence electrons. The van der Waals surface area contributed by atoms with Crippen molar-refractivity contribution in [2.24, 2.45) is 0 Å². The second-order valence-electron chi connectivity index (χ2n) is 10.1. The van der Waals surface area contributed by atoms with Crippen molar-refractivity contribution in [2.45, 2.75) is 0 Å². The van der Waals surface area contributed by atoms with Crippen molar-refractivity contribution >= 4 is 76.1 Å². The van der Waals surface area contributed by atoms with Crippen molar-refractivity contribution in [3.8, 4) is 5.69 Å². The van der Waals surface area contributed by atoms with Crippen LogP contribution in [0.4, 0.5) is 0 Å². The van der Waals surface area contributed by atoms with Crippen LogP contribution in [0.2, 0.25) is 0 Å². The Morgan fingerprint density at radius 3 is 1.61 bits per heavy atom. The lowest BCUT2D eigenvalue weighted by atomic mass is 9.94. The minimum Gasteiger partial charge on any atom is -0.455 e. The molecule has 0 fully saturated rings. The summed E-state index contributed by atoms with van der Waals surface area (Å²) in [5.41, 5.74) is 5.50. The van der Waals surface area contributed by atoms with Gasteiger partial charge in [0, 0.05) is 43.4 Å². The molecule has 9 rings (SSSR count). The lowest BCUT2D eigenvalue weighted by Crippen LogP contribution is -1.95. The fourth-order valence-corrected chi connectivity index (χ4v) is 6.65. The van der Waals surface area contributed by atoms with Crippen LogP contribution >= 0.6 is 0 Å². The van der Waals surface area contributed by atoms with Gasteiger partial charge in [0.2, 0.25) is 0 Å². The van der Waals surface area contributed by atoms with Crippen LogP contribution in [-0.2, 0) is 0 Å². The van der Waals surface area contributed by atoms with Crippen LogP contribution in [0.1, 0.15) is 0 Å². The Labute approximate surface area is 217 Å². The molecule has 2 heteroatoms. The largest absolute Gasteiger partial charge is 0.455 e. The third-order valence-electron chi connectivity index (χ3n) is 8.13. The van der Waals surface area contributed by atoms with Gasteiger partial charge in [-0.05, 0) is 34.4 Å². The van der Waals surface area contributed by atoms with Gasteiger partial charge in [0.25, 0.3) is 0 Å². The standard InChI is InChI=1S/C36H21NO/c1-2-12-22(13-3-1)37-34-26-17-7-5-15-24(26)23-14-4-6-16-25(23)31(34)33-32-29-20-10-11-21-30(29)38-36(32)28-19-9-8-18-27(28)35(33)37/h1-21H. The number of aromatic nitrogens is 1. The maximum atomic E-state index is 6.63. The van der Waals surface area contributed by atoms with E-state index in [0.29, 0.717) is 0 Å². The molecule has 0 aliphatic heterocycles. The summed E-state index contributed by atoms with van der Waals surface area (Å²) in [6, 6.07) is 45.6. The second kappa shape index (κ2) is 7.24. The molecule has 0 bridgehead atoms. The summed E-state index contributed by atoms with van der Waals surface area (Å²) < 4.78 is 9.12. The molecule has 0 N–H and O–H groups in total. The van der Waals surface area contributed by atoms with E-state index in [1.54, 1.807) is 0 Å². The number of hydrogen-bond donors (Lipinski definition) is 0. The highest BCUT2D eigenvalue weighted by atomic mass is 16.3. The Balaban J connectivity index is 1.76. The maximum Gasteiger partial charge on any atom is 0.144 e. The maximum absolute atomic E-state index is 6.63. The fraction of sp³-hybridized carbons (Fsp3) is 0. The average molecular weight is 484 g/mol. The molecule has 2 aromatic heterocycles. The molecule has 0 amide bonds. The predicted octanol–water partition coefficient (Wildman–Crippen LogP) is 10.1. The molecule has 0 aliphatic rings. The Hall–Kier alpha value is -5.08. The van der Waals surface area contributed by atoms with E-state index in [9.17, 15) is 0 Å². The van der Waals surface area contributed by atoms with Crippen LogP contribution in [0.3, 0.4) is 0 Å². The number of benzene rings is 7. The van der Waals surface area contributed by atoms with Crippen molar-refractivity contribution in [3.05, 3.63) is 127 Å². The van der Waals surface area contributed by atoms with E-state index < -0.39 is 0 Å². The van der Waals surface area contributed by atoms with Gasteiger partial charge in [-0.3, -0.25) is 0 Å². The molecule has 0 atom stereocenters.